The number of carbonyl (C=O) groups excluding carboxylic acids is 2. The molecule has 266 valence electrons. The van der Waals surface area contributed by atoms with Crippen LogP contribution in [0.15, 0.2) is 60.7 Å². The first kappa shape index (κ1) is 36.3. The van der Waals surface area contributed by atoms with Crippen LogP contribution in [0.1, 0.15) is 67.8 Å². The lowest BCUT2D eigenvalue weighted by Crippen LogP contribution is -2.54. The largest absolute Gasteiger partial charge is 0.420 e. The van der Waals surface area contributed by atoms with E-state index in [1.807, 2.05) is 38.8 Å². The van der Waals surface area contributed by atoms with E-state index in [1.165, 1.54) is 22.5 Å². The van der Waals surface area contributed by atoms with Crippen molar-refractivity contribution in [2.45, 2.75) is 78.3 Å². The Hall–Kier alpha value is -4.02. The third-order valence-corrected chi connectivity index (χ3v) is 9.83. The van der Waals surface area contributed by atoms with E-state index in [9.17, 15) is 9.59 Å². The predicted octanol–water partition coefficient (Wildman–Crippen LogP) is 5.83. The quantitative estimate of drug-likeness (QED) is 0.257. The van der Waals surface area contributed by atoms with Crippen molar-refractivity contribution in [2.24, 2.45) is 7.05 Å². The Morgan fingerprint density at radius 1 is 0.918 bits per heavy atom. The van der Waals surface area contributed by atoms with E-state index in [2.05, 4.69) is 93.0 Å². The van der Waals surface area contributed by atoms with E-state index in [4.69, 9.17) is 9.47 Å². The van der Waals surface area contributed by atoms with Gasteiger partial charge in [0.2, 0.25) is 6.29 Å². The van der Waals surface area contributed by atoms with Crippen LogP contribution < -0.4 is 15.1 Å². The number of hydrogen-bond acceptors (Lipinski definition) is 7. The van der Waals surface area contributed by atoms with Gasteiger partial charge < -0.3 is 34.1 Å². The van der Waals surface area contributed by atoms with Gasteiger partial charge in [-0.05, 0) is 82.9 Å². The first-order chi connectivity index (χ1) is 23.4. The zero-order chi connectivity index (χ0) is 35.1. The highest BCUT2D eigenvalue weighted by Crippen LogP contribution is 2.26. The molecule has 0 unspecified atom stereocenters. The van der Waals surface area contributed by atoms with Crippen molar-refractivity contribution in [3.63, 3.8) is 0 Å². The van der Waals surface area contributed by atoms with Gasteiger partial charge in [-0.1, -0.05) is 36.4 Å². The number of methoxy groups -OCH3 is 1. The van der Waals surface area contributed by atoms with Crippen LogP contribution in [0.5, 0.6) is 0 Å². The van der Waals surface area contributed by atoms with Crippen LogP contribution >= 0.6 is 0 Å². The maximum absolute atomic E-state index is 13.8. The molecule has 2 aliphatic heterocycles. The SMILES string of the molecule is CO[C@@H](CCCc1ccccc1N1CCN(Cc2cc(C(=O)N3CCN(c4ccccc4)C[C@H]3C)n(C)c2C)CC1)OC(=O)NC(C)(C)C. The number of benzene rings is 2. The fourth-order valence-electron chi connectivity index (χ4n) is 6.97. The summed E-state index contributed by atoms with van der Waals surface area (Å²) in [5, 5.41) is 2.82. The monoisotopic (exact) mass is 672 g/mol. The maximum atomic E-state index is 13.8. The molecule has 2 saturated heterocycles. The summed E-state index contributed by atoms with van der Waals surface area (Å²) < 4.78 is 13.0. The smallest absolute Gasteiger partial charge is 0.409 e. The number of para-hydroxylation sites is 2. The van der Waals surface area contributed by atoms with Gasteiger partial charge in [0.25, 0.3) is 5.91 Å². The van der Waals surface area contributed by atoms with Crippen LogP contribution in [0.25, 0.3) is 0 Å². The number of anilines is 2. The van der Waals surface area contributed by atoms with Crippen molar-refractivity contribution in [3.8, 4) is 0 Å². The number of carbonyl (C=O) groups is 2. The molecule has 3 aromatic rings. The van der Waals surface area contributed by atoms with Crippen molar-refractivity contribution < 1.29 is 19.1 Å². The van der Waals surface area contributed by atoms with Crippen molar-refractivity contribution in [3.05, 3.63) is 83.2 Å². The van der Waals surface area contributed by atoms with Crippen LogP contribution in [0.2, 0.25) is 0 Å². The second-order valence-corrected chi connectivity index (χ2v) is 14.6. The normalized spacial score (nSPS) is 18.0. The van der Waals surface area contributed by atoms with Crippen LogP contribution in [0.3, 0.4) is 0 Å². The Kier molecular flexibility index (Phi) is 11.9. The molecule has 10 heteroatoms. The second kappa shape index (κ2) is 16.1. The molecule has 2 aliphatic rings. The van der Waals surface area contributed by atoms with Crippen LogP contribution in [-0.4, -0.2) is 97.2 Å². The number of alkyl carbamates (subject to hydrolysis) is 1. The molecule has 0 radical (unpaired) electrons. The van der Waals surface area contributed by atoms with E-state index in [0.29, 0.717) is 13.0 Å². The molecule has 10 nitrogen and oxygen atoms in total. The molecular formula is C39H56N6O4. The second-order valence-electron chi connectivity index (χ2n) is 14.6. The summed E-state index contributed by atoms with van der Waals surface area (Å²) in [7, 11) is 3.60. The molecule has 49 heavy (non-hydrogen) atoms. The highest BCUT2D eigenvalue weighted by molar-refractivity contribution is 5.93. The predicted molar refractivity (Wildman–Crippen MR) is 196 cm³/mol. The van der Waals surface area contributed by atoms with Gasteiger partial charge in [0.15, 0.2) is 0 Å². The molecule has 0 saturated carbocycles. The van der Waals surface area contributed by atoms with Gasteiger partial charge >= 0.3 is 6.09 Å². The van der Waals surface area contributed by atoms with Gasteiger partial charge in [0, 0.05) is 102 Å². The molecule has 0 spiro atoms. The number of nitrogens with one attached hydrogen (secondary N) is 1. The molecule has 2 aromatic carbocycles. The minimum absolute atomic E-state index is 0.120. The summed E-state index contributed by atoms with van der Waals surface area (Å²) in [5.74, 6) is 0.120. The van der Waals surface area contributed by atoms with E-state index in [0.717, 1.165) is 70.0 Å². The Labute approximate surface area is 292 Å². The first-order valence-corrected chi connectivity index (χ1v) is 17.8. The Morgan fingerprint density at radius 2 is 1.59 bits per heavy atom. The minimum atomic E-state index is -0.580. The molecule has 1 N–H and O–H groups in total. The van der Waals surface area contributed by atoms with Gasteiger partial charge in [0.05, 0.1) is 0 Å². The standard InChI is InChI=1S/C39H56N6O4/c1-29-27-44(33-16-9-8-10-17-33)24-25-45(29)37(46)35-26-32(30(2)41(35)6)28-42-20-22-43(23-21-42)34-18-12-11-14-31(34)15-13-19-36(48-7)49-38(47)40-39(3,4)5/h8-12,14,16-18,26,29,36H,13,15,19-25,27-28H2,1-7H3,(H,40,47)/t29-,36-/m1/s1. The van der Waals surface area contributed by atoms with Crippen molar-refractivity contribution in [2.75, 3.05) is 62.7 Å². The molecule has 2 fully saturated rings. The molecule has 0 bridgehead atoms. The Morgan fingerprint density at radius 3 is 2.27 bits per heavy atom. The number of nitrogens with zero attached hydrogens (tertiary/aromatic N) is 5. The van der Waals surface area contributed by atoms with Crippen LogP contribution in [-0.2, 0) is 29.5 Å². The Balaban J connectivity index is 1.13. The summed E-state index contributed by atoms with van der Waals surface area (Å²) in [5.41, 5.74) is 6.57. The number of piperazine rings is 2. The number of ether oxygens (including phenoxy) is 2. The van der Waals surface area contributed by atoms with E-state index in [1.54, 1.807) is 7.11 Å². The third-order valence-electron chi connectivity index (χ3n) is 9.83. The number of hydrogen-bond donors (Lipinski definition) is 1. The zero-order valence-corrected chi connectivity index (χ0v) is 30.6. The molecule has 1 aromatic heterocycles. The van der Waals surface area contributed by atoms with Crippen molar-refractivity contribution >= 4 is 23.4 Å². The molecule has 3 heterocycles. The van der Waals surface area contributed by atoms with Gasteiger partial charge in [-0.15, -0.1) is 0 Å². The maximum Gasteiger partial charge on any atom is 0.409 e. The molecular weight excluding hydrogens is 616 g/mol. The van der Waals surface area contributed by atoms with Gasteiger partial charge in [0.1, 0.15) is 5.69 Å². The van der Waals surface area contributed by atoms with E-state index < -0.39 is 12.4 Å². The number of aromatic nitrogens is 1. The number of rotatable bonds is 11. The number of amides is 2. The zero-order valence-electron chi connectivity index (χ0n) is 30.6. The van der Waals surface area contributed by atoms with Gasteiger partial charge in [-0.3, -0.25) is 9.69 Å². The van der Waals surface area contributed by atoms with E-state index >= 15 is 0 Å². The molecule has 5 rings (SSSR count). The fraction of sp³-hybridized carbons (Fsp3) is 0.538. The van der Waals surface area contributed by atoms with Crippen LogP contribution in [0, 0.1) is 6.92 Å². The van der Waals surface area contributed by atoms with Gasteiger partial charge in [-0.25, -0.2) is 4.79 Å². The summed E-state index contributed by atoms with van der Waals surface area (Å²) in [6.45, 7) is 17.0. The minimum Gasteiger partial charge on any atom is -0.420 e. The average Bonchev–Trinajstić information content (AvgIpc) is 3.36. The van der Waals surface area contributed by atoms with Crippen molar-refractivity contribution in [1.82, 2.24) is 19.7 Å². The first-order valence-electron chi connectivity index (χ1n) is 17.8. The fourth-order valence-corrected chi connectivity index (χ4v) is 6.97. The lowest BCUT2D eigenvalue weighted by atomic mass is 10.0. The van der Waals surface area contributed by atoms with E-state index in [-0.39, 0.29) is 17.5 Å². The van der Waals surface area contributed by atoms with Crippen molar-refractivity contribution in [1.29, 1.82) is 0 Å². The molecule has 2 amide bonds. The summed E-state index contributed by atoms with van der Waals surface area (Å²) in [6, 6.07) is 21.3. The highest BCUT2D eigenvalue weighted by Gasteiger charge is 2.31. The summed E-state index contributed by atoms with van der Waals surface area (Å²) in [4.78, 5) is 35.4. The third kappa shape index (κ3) is 9.36. The van der Waals surface area contributed by atoms with Gasteiger partial charge in [-0.2, -0.15) is 0 Å². The Bertz CT molecular complexity index is 1540. The van der Waals surface area contributed by atoms with Crippen LogP contribution in [0.4, 0.5) is 16.2 Å². The highest BCUT2D eigenvalue weighted by atomic mass is 16.7. The summed E-state index contributed by atoms with van der Waals surface area (Å²) in [6.07, 6.45) is 1.30. The lowest BCUT2D eigenvalue weighted by Gasteiger charge is -2.41. The molecule has 2 atom stereocenters. The average molecular weight is 673 g/mol. The number of aryl methyl sites for hydroxylation is 1. The topological polar surface area (TPSA) is 82.5 Å². The lowest BCUT2D eigenvalue weighted by molar-refractivity contribution is -0.0872. The summed E-state index contributed by atoms with van der Waals surface area (Å²) >= 11 is 0. The molecule has 0 aliphatic carbocycles.